The topological polar surface area (TPSA) is 29.1 Å². The molecule has 0 bridgehead atoms. The molecule has 2 rings (SSSR count). The number of hydrogen-bond donors (Lipinski definition) is 1. The third kappa shape index (κ3) is 4.13. The summed E-state index contributed by atoms with van der Waals surface area (Å²) >= 11 is 12.0. The van der Waals surface area contributed by atoms with Crippen molar-refractivity contribution in [3.8, 4) is 0 Å². The maximum Gasteiger partial charge on any atom is 0.224 e. The molecular weight excluding hydrogens is 293 g/mol. The molecule has 0 aromatic heterocycles. The van der Waals surface area contributed by atoms with Crippen molar-refractivity contribution in [3.05, 3.63) is 34.9 Å². The van der Waals surface area contributed by atoms with Crippen molar-refractivity contribution in [2.45, 2.75) is 44.6 Å². The van der Waals surface area contributed by atoms with Gasteiger partial charge in [0.2, 0.25) is 5.91 Å². The predicted octanol–water partition coefficient (Wildman–Crippen LogP) is 4.19. The van der Waals surface area contributed by atoms with Crippen LogP contribution in [0.5, 0.6) is 0 Å². The zero-order valence-corrected chi connectivity index (χ0v) is 13.3. The Morgan fingerprint density at radius 1 is 1.40 bits per heavy atom. The number of benzene rings is 1. The second-order valence-electron chi connectivity index (χ2n) is 5.97. The van der Waals surface area contributed by atoms with Gasteiger partial charge in [-0.15, -0.1) is 11.6 Å². The van der Waals surface area contributed by atoms with Gasteiger partial charge in [-0.3, -0.25) is 4.79 Å². The van der Waals surface area contributed by atoms with Crippen LogP contribution in [-0.4, -0.2) is 17.3 Å². The number of alkyl halides is 1. The highest BCUT2D eigenvalue weighted by atomic mass is 35.5. The van der Waals surface area contributed by atoms with Gasteiger partial charge in [0.25, 0.3) is 0 Å². The molecule has 0 radical (unpaired) electrons. The number of carbonyl (C=O) groups is 1. The second-order valence-corrected chi connectivity index (χ2v) is 6.67. The van der Waals surface area contributed by atoms with Crippen LogP contribution in [0.1, 0.15) is 38.2 Å². The zero-order chi connectivity index (χ0) is 14.6. The molecular formula is C16H21Cl2NO. The number of hydrogen-bond acceptors (Lipinski definition) is 1. The Kier molecular flexibility index (Phi) is 5.34. The molecule has 4 heteroatoms. The number of amides is 1. The van der Waals surface area contributed by atoms with Crippen LogP contribution in [0.15, 0.2) is 24.3 Å². The van der Waals surface area contributed by atoms with Gasteiger partial charge in [0.15, 0.2) is 0 Å². The van der Waals surface area contributed by atoms with Crippen molar-refractivity contribution >= 4 is 29.1 Å². The van der Waals surface area contributed by atoms with Crippen LogP contribution in [-0.2, 0) is 11.2 Å². The molecule has 2 unspecified atom stereocenters. The number of halogens is 2. The van der Waals surface area contributed by atoms with Gasteiger partial charge in [-0.05, 0) is 36.5 Å². The van der Waals surface area contributed by atoms with Crippen LogP contribution in [0.2, 0.25) is 5.02 Å². The Morgan fingerprint density at radius 2 is 2.10 bits per heavy atom. The normalized spacial score (nSPS) is 26.2. The van der Waals surface area contributed by atoms with Gasteiger partial charge in [0, 0.05) is 10.9 Å². The van der Waals surface area contributed by atoms with E-state index in [4.69, 9.17) is 23.2 Å². The summed E-state index contributed by atoms with van der Waals surface area (Å²) in [5.41, 5.74) is 0.753. The predicted molar refractivity (Wildman–Crippen MR) is 84.4 cm³/mol. The molecule has 0 aliphatic heterocycles. The van der Waals surface area contributed by atoms with E-state index in [-0.39, 0.29) is 11.4 Å². The lowest BCUT2D eigenvalue weighted by Gasteiger charge is -2.39. The molecule has 1 N–H and O–H groups in total. The summed E-state index contributed by atoms with van der Waals surface area (Å²) in [6.07, 6.45) is 4.70. The summed E-state index contributed by atoms with van der Waals surface area (Å²) in [6, 6.07) is 7.39. The fraction of sp³-hybridized carbons (Fsp3) is 0.562. The van der Waals surface area contributed by atoms with E-state index < -0.39 is 0 Å². The first kappa shape index (κ1) is 15.7. The van der Waals surface area contributed by atoms with E-state index in [1.54, 1.807) is 0 Å². The van der Waals surface area contributed by atoms with Crippen molar-refractivity contribution < 1.29 is 4.79 Å². The minimum Gasteiger partial charge on any atom is -0.349 e. The van der Waals surface area contributed by atoms with Crippen molar-refractivity contribution in [3.63, 3.8) is 0 Å². The van der Waals surface area contributed by atoms with E-state index in [0.29, 0.717) is 23.2 Å². The fourth-order valence-corrected chi connectivity index (χ4v) is 3.49. The lowest BCUT2D eigenvalue weighted by molar-refractivity contribution is -0.122. The van der Waals surface area contributed by atoms with Gasteiger partial charge in [-0.25, -0.2) is 0 Å². The molecule has 1 aliphatic carbocycles. The summed E-state index contributed by atoms with van der Waals surface area (Å²) in [5, 5.41) is 3.86. The molecule has 20 heavy (non-hydrogen) atoms. The molecule has 1 fully saturated rings. The summed E-state index contributed by atoms with van der Waals surface area (Å²) in [6.45, 7) is 2.23. The first-order valence-electron chi connectivity index (χ1n) is 7.14. The summed E-state index contributed by atoms with van der Waals surface area (Å²) < 4.78 is 0. The lowest BCUT2D eigenvalue weighted by Crippen LogP contribution is -2.53. The standard InChI is InChI=1S/C16H21Cl2NO/c1-12-3-2-8-16(10-12,11-17)19-15(20)9-13-4-6-14(18)7-5-13/h4-7,12H,2-3,8-11H2,1H3,(H,19,20). The third-order valence-corrected chi connectivity index (χ3v) is 4.79. The molecule has 0 spiro atoms. The Morgan fingerprint density at radius 3 is 2.70 bits per heavy atom. The van der Waals surface area contributed by atoms with E-state index in [1.165, 1.54) is 6.42 Å². The summed E-state index contributed by atoms with van der Waals surface area (Å²) in [4.78, 5) is 12.2. The smallest absolute Gasteiger partial charge is 0.224 e. The fourth-order valence-electron chi connectivity index (χ4n) is 3.06. The van der Waals surface area contributed by atoms with Gasteiger partial charge >= 0.3 is 0 Å². The summed E-state index contributed by atoms with van der Waals surface area (Å²) in [5.74, 6) is 1.16. The molecule has 1 saturated carbocycles. The van der Waals surface area contributed by atoms with E-state index in [2.05, 4.69) is 12.2 Å². The molecule has 0 heterocycles. The second kappa shape index (κ2) is 6.82. The van der Waals surface area contributed by atoms with Crippen LogP contribution in [0.25, 0.3) is 0 Å². The molecule has 0 saturated heterocycles. The van der Waals surface area contributed by atoms with E-state index in [9.17, 15) is 4.79 Å². The first-order valence-corrected chi connectivity index (χ1v) is 8.06. The average Bonchev–Trinajstić information content (AvgIpc) is 2.41. The SMILES string of the molecule is CC1CCCC(CCl)(NC(=O)Cc2ccc(Cl)cc2)C1. The van der Waals surface area contributed by atoms with E-state index in [0.717, 1.165) is 24.8 Å². The first-order chi connectivity index (χ1) is 9.53. The highest BCUT2D eigenvalue weighted by Gasteiger charge is 2.35. The number of carbonyl (C=O) groups excluding carboxylic acids is 1. The van der Waals surface area contributed by atoms with Crippen LogP contribution >= 0.6 is 23.2 Å². The van der Waals surface area contributed by atoms with Crippen molar-refractivity contribution in [2.75, 3.05) is 5.88 Å². The van der Waals surface area contributed by atoms with Crippen LogP contribution in [0.4, 0.5) is 0 Å². The highest BCUT2D eigenvalue weighted by Crippen LogP contribution is 2.33. The largest absolute Gasteiger partial charge is 0.349 e. The quantitative estimate of drug-likeness (QED) is 0.830. The molecule has 1 aromatic rings. The molecule has 1 aliphatic rings. The van der Waals surface area contributed by atoms with Crippen molar-refractivity contribution in [1.82, 2.24) is 5.32 Å². The zero-order valence-electron chi connectivity index (χ0n) is 11.8. The monoisotopic (exact) mass is 313 g/mol. The Labute approximate surface area is 130 Å². The minimum atomic E-state index is -0.220. The van der Waals surface area contributed by atoms with E-state index in [1.807, 2.05) is 24.3 Å². The molecule has 2 atom stereocenters. The number of nitrogens with one attached hydrogen (secondary N) is 1. The molecule has 1 amide bonds. The highest BCUT2D eigenvalue weighted by molar-refractivity contribution is 6.30. The Bertz CT molecular complexity index is 460. The molecule has 110 valence electrons. The van der Waals surface area contributed by atoms with Crippen LogP contribution < -0.4 is 5.32 Å². The van der Waals surface area contributed by atoms with Crippen molar-refractivity contribution in [1.29, 1.82) is 0 Å². The maximum atomic E-state index is 12.2. The molecule has 1 aromatic carbocycles. The Hall–Kier alpha value is -0.730. The van der Waals surface area contributed by atoms with Gasteiger partial charge in [-0.1, -0.05) is 43.5 Å². The minimum absolute atomic E-state index is 0.0436. The third-order valence-electron chi connectivity index (χ3n) is 4.03. The Balaban J connectivity index is 1.97. The lowest BCUT2D eigenvalue weighted by atomic mass is 9.77. The van der Waals surface area contributed by atoms with Gasteiger partial charge in [-0.2, -0.15) is 0 Å². The van der Waals surface area contributed by atoms with E-state index >= 15 is 0 Å². The number of rotatable bonds is 4. The molecule has 2 nitrogen and oxygen atoms in total. The van der Waals surface area contributed by atoms with Crippen LogP contribution in [0.3, 0.4) is 0 Å². The average molecular weight is 314 g/mol. The van der Waals surface area contributed by atoms with Gasteiger partial charge < -0.3 is 5.32 Å². The maximum absolute atomic E-state index is 12.2. The summed E-state index contributed by atoms with van der Waals surface area (Å²) in [7, 11) is 0. The van der Waals surface area contributed by atoms with Crippen LogP contribution in [0, 0.1) is 5.92 Å². The van der Waals surface area contributed by atoms with Crippen molar-refractivity contribution in [2.24, 2.45) is 5.92 Å². The van der Waals surface area contributed by atoms with Gasteiger partial charge in [0.05, 0.1) is 12.0 Å². The van der Waals surface area contributed by atoms with Gasteiger partial charge in [0.1, 0.15) is 0 Å².